The Hall–Kier alpha value is 0.620. The van der Waals surface area contributed by atoms with Gasteiger partial charge in [0.1, 0.15) is 17.8 Å². The van der Waals surface area contributed by atoms with Gasteiger partial charge < -0.3 is 28.4 Å². The highest BCUT2D eigenvalue weighted by Gasteiger charge is 2.62. The van der Waals surface area contributed by atoms with Gasteiger partial charge in [-0.3, -0.25) is 0 Å². The van der Waals surface area contributed by atoms with Crippen molar-refractivity contribution in [2.24, 2.45) is 0 Å². The van der Waals surface area contributed by atoms with Crippen molar-refractivity contribution in [2.45, 2.75) is 43.7 Å². The third-order valence-corrected chi connectivity index (χ3v) is 3.46. The summed E-state index contributed by atoms with van der Waals surface area (Å²) in [6.45, 7) is 3.55. The van der Waals surface area contributed by atoms with Gasteiger partial charge in [-0.25, -0.2) is 0 Å². The van der Waals surface area contributed by atoms with Gasteiger partial charge in [0, 0.05) is 18.9 Å². The number of aliphatic hydroxyl groups excluding tert-OH is 1. The second-order valence-electron chi connectivity index (χ2n) is 4.68. The molecule has 0 aromatic rings. The first kappa shape index (κ1) is 14.0. The molecule has 0 spiro atoms. The summed E-state index contributed by atoms with van der Waals surface area (Å²) in [6, 6.07) is 0. The number of ether oxygens (including phenoxy) is 3. The van der Waals surface area contributed by atoms with Gasteiger partial charge in [0.2, 0.25) is 0 Å². The highest BCUT2D eigenvalue weighted by Crippen LogP contribution is 2.44. The van der Waals surface area contributed by atoms with Crippen LogP contribution in [0.4, 0.5) is 0 Å². The molecule has 0 bridgehead atoms. The van der Waals surface area contributed by atoms with E-state index in [2.05, 4.69) is 18.9 Å². The van der Waals surface area contributed by atoms with E-state index in [1.807, 2.05) is 0 Å². The molecule has 2 saturated heterocycles. The minimum atomic E-state index is -0.963. The SMILES string of the molecule is CC1(C)O[C@H]2O[C@](CO)(COP)[C@@H](OP)[C@H]2O1. The molecule has 1 N–H and O–H groups in total. The minimum absolute atomic E-state index is 0.174. The Morgan fingerprint density at radius 1 is 1.24 bits per heavy atom. The molecule has 0 aromatic heterocycles. The molecule has 2 rings (SSSR count). The van der Waals surface area contributed by atoms with Crippen molar-refractivity contribution in [1.29, 1.82) is 0 Å². The Kier molecular flexibility index (Phi) is 4.09. The minimum Gasteiger partial charge on any atom is -0.393 e. The maximum absolute atomic E-state index is 9.52. The van der Waals surface area contributed by atoms with E-state index in [-0.39, 0.29) is 19.3 Å². The van der Waals surface area contributed by atoms with Crippen molar-refractivity contribution in [3.05, 3.63) is 0 Å². The van der Waals surface area contributed by atoms with Crippen LogP contribution in [-0.2, 0) is 23.3 Å². The summed E-state index contributed by atoms with van der Waals surface area (Å²) in [4.78, 5) is 0. The molecule has 6 nitrogen and oxygen atoms in total. The Morgan fingerprint density at radius 3 is 2.47 bits per heavy atom. The van der Waals surface area contributed by atoms with Gasteiger partial charge in [-0.1, -0.05) is 0 Å². The van der Waals surface area contributed by atoms with Gasteiger partial charge in [-0.15, -0.1) is 0 Å². The second-order valence-corrected chi connectivity index (χ2v) is 5.28. The van der Waals surface area contributed by atoms with Gasteiger partial charge in [0.05, 0.1) is 13.2 Å². The molecule has 2 aliphatic rings. The third-order valence-electron chi connectivity index (χ3n) is 3.00. The van der Waals surface area contributed by atoms with E-state index in [0.717, 1.165) is 0 Å². The fourth-order valence-corrected chi connectivity index (χ4v) is 2.97. The molecule has 0 aromatic carbocycles. The molecule has 0 aliphatic carbocycles. The summed E-state index contributed by atoms with van der Waals surface area (Å²) in [7, 11) is 4.30. The van der Waals surface area contributed by atoms with Gasteiger partial charge in [0.25, 0.3) is 0 Å². The predicted octanol–water partition coefficient (Wildman–Crippen LogP) is 0.207. The zero-order valence-electron chi connectivity index (χ0n) is 9.79. The maximum atomic E-state index is 9.52. The highest BCUT2D eigenvalue weighted by molar-refractivity contribution is 7.10. The van der Waals surface area contributed by atoms with E-state index in [9.17, 15) is 5.11 Å². The summed E-state index contributed by atoms with van der Waals surface area (Å²) in [5.74, 6) is -0.708. The number of hydrogen-bond donors (Lipinski definition) is 1. The fourth-order valence-electron chi connectivity index (χ4n) is 2.28. The van der Waals surface area contributed by atoms with E-state index in [1.165, 1.54) is 0 Å². The van der Waals surface area contributed by atoms with Gasteiger partial charge in [-0.05, 0) is 13.8 Å². The lowest BCUT2D eigenvalue weighted by Gasteiger charge is -2.33. The van der Waals surface area contributed by atoms with Crippen molar-refractivity contribution < 1.29 is 28.4 Å². The van der Waals surface area contributed by atoms with Crippen LogP contribution in [0.1, 0.15) is 13.8 Å². The Balaban J connectivity index is 2.20. The Morgan fingerprint density at radius 2 is 1.94 bits per heavy atom. The van der Waals surface area contributed by atoms with Crippen LogP contribution in [0.5, 0.6) is 0 Å². The molecular formula is C9H18O6P2. The predicted molar refractivity (Wildman–Crippen MR) is 65.0 cm³/mol. The maximum Gasteiger partial charge on any atom is 0.190 e. The number of fused-ring (bicyclic) bond motifs is 1. The summed E-state index contributed by atoms with van der Waals surface area (Å²) >= 11 is 0. The molecule has 0 saturated carbocycles. The summed E-state index contributed by atoms with van der Waals surface area (Å²) < 4.78 is 27.4. The molecule has 2 aliphatic heterocycles. The van der Waals surface area contributed by atoms with Crippen LogP contribution in [0.2, 0.25) is 0 Å². The van der Waals surface area contributed by atoms with Crippen LogP contribution in [-0.4, -0.2) is 48.2 Å². The molecular weight excluding hydrogens is 266 g/mol. The zero-order chi connectivity index (χ0) is 12.7. The fraction of sp³-hybridized carbons (Fsp3) is 1.00. The molecule has 2 heterocycles. The summed E-state index contributed by atoms with van der Waals surface area (Å²) in [5.41, 5.74) is -0.963. The molecule has 8 heteroatoms. The average molecular weight is 284 g/mol. The largest absolute Gasteiger partial charge is 0.393 e. The smallest absolute Gasteiger partial charge is 0.190 e. The van der Waals surface area contributed by atoms with E-state index < -0.39 is 23.8 Å². The standard InChI is InChI=1S/C9H18O6P2/c1-8(2)12-5-6(15-17)9(3-10,4-11-16)14-7(5)13-8/h5-7,10H,3-4,16-17H2,1-2H3/t5-,6+,7+,9-/m1/s1. The van der Waals surface area contributed by atoms with E-state index >= 15 is 0 Å². The van der Waals surface area contributed by atoms with E-state index in [4.69, 9.17) is 23.3 Å². The highest BCUT2D eigenvalue weighted by atomic mass is 31.0. The lowest BCUT2D eigenvalue weighted by atomic mass is 9.97. The first-order chi connectivity index (χ1) is 7.98. The van der Waals surface area contributed by atoms with Crippen LogP contribution in [0.25, 0.3) is 0 Å². The monoisotopic (exact) mass is 284 g/mol. The number of rotatable bonds is 4. The van der Waals surface area contributed by atoms with Crippen LogP contribution in [0.3, 0.4) is 0 Å². The van der Waals surface area contributed by atoms with Gasteiger partial charge in [0.15, 0.2) is 12.1 Å². The molecule has 6 atom stereocenters. The number of hydrogen-bond acceptors (Lipinski definition) is 6. The van der Waals surface area contributed by atoms with Crippen molar-refractivity contribution in [3.8, 4) is 0 Å². The third kappa shape index (κ3) is 2.38. The molecule has 0 amide bonds. The van der Waals surface area contributed by atoms with E-state index in [0.29, 0.717) is 0 Å². The molecule has 0 radical (unpaired) electrons. The van der Waals surface area contributed by atoms with Crippen molar-refractivity contribution in [3.63, 3.8) is 0 Å². The summed E-state index contributed by atoms with van der Waals surface area (Å²) in [5, 5.41) is 9.52. The van der Waals surface area contributed by atoms with Crippen LogP contribution >= 0.6 is 18.9 Å². The van der Waals surface area contributed by atoms with Crippen LogP contribution in [0.15, 0.2) is 0 Å². The Labute approximate surface area is 105 Å². The van der Waals surface area contributed by atoms with Crippen molar-refractivity contribution in [2.75, 3.05) is 13.2 Å². The first-order valence-corrected chi connectivity index (χ1v) is 6.24. The molecule has 100 valence electrons. The Bertz CT molecular complexity index is 289. The van der Waals surface area contributed by atoms with Crippen LogP contribution < -0.4 is 0 Å². The zero-order valence-corrected chi connectivity index (χ0v) is 12.1. The summed E-state index contributed by atoms with van der Waals surface area (Å²) in [6.07, 6.45) is -1.40. The lowest BCUT2D eigenvalue weighted by molar-refractivity contribution is -0.247. The first-order valence-electron chi connectivity index (χ1n) is 5.29. The van der Waals surface area contributed by atoms with Crippen LogP contribution in [0, 0.1) is 0 Å². The quantitative estimate of drug-likeness (QED) is 0.744. The number of aliphatic hydroxyl groups is 1. The average Bonchev–Trinajstić information content (AvgIpc) is 2.67. The normalized spacial score (nSPS) is 43.9. The molecule has 17 heavy (non-hydrogen) atoms. The second kappa shape index (κ2) is 4.95. The van der Waals surface area contributed by atoms with Crippen molar-refractivity contribution >= 4 is 18.9 Å². The molecule has 2 unspecified atom stereocenters. The molecule has 2 fully saturated rings. The topological polar surface area (TPSA) is 66.4 Å². The van der Waals surface area contributed by atoms with E-state index in [1.54, 1.807) is 13.8 Å². The van der Waals surface area contributed by atoms with Crippen molar-refractivity contribution in [1.82, 2.24) is 0 Å². The lowest BCUT2D eigenvalue weighted by Crippen LogP contribution is -2.51. The van der Waals surface area contributed by atoms with Gasteiger partial charge >= 0.3 is 0 Å². The van der Waals surface area contributed by atoms with Gasteiger partial charge in [-0.2, -0.15) is 0 Å².